The highest BCUT2D eigenvalue weighted by Crippen LogP contribution is 2.67. The summed E-state index contributed by atoms with van der Waals surface area (Å²) in [5.41, 5.74) is -0.481. The van der Waals surface area contributed by atoms with Crippen molar-refractivity contribution in [3.05, 3.63) is 0 Å². The molecule has 4 aliphatic carbocycles. The zero-order valence-electron chi connectivity index (χ0n) is 21.6. The van der Waals surface area contributed by atoms with Gasteiger partial charge in [0.1, 0.15) is 24.1 Å². The number of carboxylic acid groups (broad SMARTS) is 1. The minimum absolute atomic E-state index is 0.0554. The molecule has 0 aromatic rings. The molecule has 5 aliphatic rings. The van der Waals surface area contributed by atoms with Crippen LogP contribution in [0.25, 0.3) is 0 Å². The zero-order valence-corrected chi connectivity index (χ0v) is 21.6. The maximum atomic E-state index is 13.8. The first-order chi connectivity index (χ1) is 17.4. The van der Waals surface area contributed by atoms with Gasteiger partial charge in [-0.05, 0) is 79.4 Å². The number of hydrogen-bond donors (Lipinski definition) is 6. The fourth-order valence-electron chi connectivity index (χ4n) is 9.31. The first-order valence-electron chi connectivity index (χ1n) is 13.8. The van der Waals surface area contributed by atoms with Crippen molar-refractivity contribution in [1.82, 2.24) is 0 Å². The summed E-state index contributed by atoms with van der Waals surface area (Å²) in [6, 6.07) is 0. The standard InChI is InChI=1S/C27H42O10/c1-26-8-7-13(36-25-22(33)20(31)21(32)23(37-25)24(34)35)9-12(26)3-4-14-15-5-6-16(18(30)11-28)27(15,2)10-17(29)19(14)26/h12-16,18-23,25,28,30-33H,3-11H2,1-2H3,(H,34,35)/t12-,13-,14-,15+,16+,18+,19+,20+,21-,22+,23+,25-,26+,27+/m1/s1. The maximum Gasteiger partial charge on any atom is 0.335 e. The van der Waals surface area contributed by atoms with Crippen molar-refractivity contribution in [2.75, 3.05) is 6.61 Å². The minimum atomic E-state index is -1.76. The van der Waals surface area contributed by atoms with Gasteiger partial charge >= 0.3 is 5.97 Å². The normalized spacial score (nSPS) is 52.6. The van der Waals surface area contributed by atoms with Gasteiger partial charge in [-0.2, -0.15) is 0 Å². The summed E-state index contributed by atoms with van der Waals surface area (Å²) in [5.74, 6) is -0.470. The number of aliphatic hydroxyl groups is 5. The van der Waals surface area contributed by atoms with Crippen LogP contribution in [0.15, 0.2) is 0 Å². The van der Waals surface area contributed by atoms with E-state index in [4.69, 9.17) is 9.47 Å². The Morgan fingerprint density at radius 1 is 1.05 bits per heavy atom. The van der Waals surface area contributed by atoms with E-state index in [2.05, 4.69) is 13.8 Å². The second-order valence-electron chi connectivity index (χ2n) is 12.9. The molecule has 5 fully saturated rings. The van der Waals surface area contributed by atoms with Gasteiger partial charge in [0.25, 0.3) is 0 Å². The Morgan fingerprint density at radius 2 is 1.78 bits per heavy atom. The van der Waals surface area contributed by atoms with Crippen LogP contribution in [0.1, 0.15) is 65.2 Å². The number of ketones is 1. The number of ether oxygens (including phenoxy) is 2. The summed E-state index contributed by atoms with van der Waals surface area (Å²) in [4.78, 5) is 25.2. The topological polar surface area (TPSA) is 174 Å². The number of hydrogen-bond acceptors (Lipinski definition) is 9. The van der Waals surface area contributed by atoms with E-state index in [1.807, 2.05) is 0 Å². The van der Waals surface area contributed by atoms with Crippen LogP contribution in [0, 0.1) is 40.4 Å². The van der Waals surface area contributed by atoms with Crippen molar-refractivity contribution in [1.29, 1.82) is 0 Å². The summed E-state index contributed by atoms with van der Waals surface area (Å²) in [6.07, 6.45) is -3.13. The molecule has 0 aromatic heterocycles. The molecule has 4 saturated carbocycles. The Hall–Kier alpha value is -1.14. The number of Topliss-reactive ketones (excluding diaryl/α,β-unsaturated/α-hetero) is 1. The highest BCUT2D eigenvalue weighted by Gasteiger charge is 2.64. The monoisotopic (exact) mass is 526 g/mol. The smallest absolute Gasteiger partial charge is 0.335 e. The fourth-order valence-corrected chi connectivity index (χ4v) is 9.31. The molecule has 0 bridgehead atoms. The van der Waals surface area contributed by atoms with E-state index in [-0.39, 0.29) is 53.0 Å². The third-order valence-corrected chi connectivity index (χ3v) is 11.2. The van der Waals surface area contributed by atoms with Crippen LogP contribution in [0.3, 0.4) is 0 Å². The van der Waals surface area contributed by atoms with Gasteiger partial charge in [-0.25, -0.2) is 4.79 Å². The van der Waals surface area contributed by atoms with Crippen LogP contribution < -0.4 is 0 Å². The van der Waals surface area contributed by atoms with Crippen molar-refractivity contribution in [3.63, 3.8) is 0 Å². The van der Waals surface area contributed by atoms with E-state index >= 15 is 0 Å². The maximum absolute atomic E-state index is 13.8. The average Bonchev–Trinajstić information content (AvgIpc) is 3.19. The van der Waals surface area contributed by atoms with Crippen LogP contribution in [0.2, 0.25) is 0 Å². The Morgan fingerprint density at radius 3 is 2.46 bits per heavy atom. The molecule has 10 nitrogen and oxygen atoms in total. The summed E-state index contributed by atoms with van der Waals surface area (Å²) in [5, 5.41) is 59.8. The molecule has 0 spiro atoms. The number of aliphatic hydroxyl groups excluding tert-OH is 5. The molecule has 1 saturated heterocycles. The van der Waals surface area contributed by atoms with Gasteiger partial charge in [-0.15, -0.1) is 0 Å². The largest absolute Gasteiger partial charge is 0.479 e. The van der Waals surface area contributed by atoms with Gasteiger partial charge in [-0.3, -0.25) is 4.79 Å². The lowest BCUT2D eigenvalue weighted by molar-refractivity contribution is -0.309. The predicted molar refractivity (Wildman–Crippen MR) is 128 cm³/mol. The lowest BCUT2D eigenvalue weighted by Crippen LogP contribution is -2.61. The molecule has 0 aromatic carbocycles. The van der Waals surface area contributed by atoms with Gasteiger partial charge in [0.05, 0.1) is 18.8 Å². The number of rotatable bonds is 5. The minimum Gasteiger partial charge on any atom is -0.479 e. The van der Waals surface area contributed by atoms with E-state index in [0.29, 0.717) is 25.2 Å². The highest BCUT2D eigenvalue weighted by atomic mass is 16.7. The first kappa shape index (κ1) is 27.4. The second-order valence-corrected chi connectivity index (χ2v) is 12.9. The van der Waals surface area contributed by atoms with Crippen molar-refractivity contribution in [2.45, 2.75) is 108 Å². The van der Waals surface area contributed by atoms with Crippen molar-refractivity contribution in [2.24, 2.45) is 40.4 Å². The van der Waals surface area contributed by atoms with Gasteiger partial charge in [0.2, 0.25) is 0 Å². The summed E-state index contributed by atoms with van der Waals surface area (Å²) in [6.45, 7) is 4.07. The molecule has 1 aliphatic heterocycles. The number of carbonyl (C=O) groups is 2. The van der Waals surface area contributed by atoms with Gasteiger partial charge in [0, 0.05) is 12.3 Å². The fraction of sp³-hybridized carbons (Fsp3) is 0.926. The van der Waals surface area contributed by atoms with Gasteiger partial charge in [-0.1, -0.05) is 13.8 Å². The Bertz CT molecular complexity index is 896. The van der Waals surface area contributed by atoms with Crippen molar-refractivity contribution in [3.8, 4) is 0 Å². The Kier molecular flexibility index (Phi) is 7.26. The Balaban J connectivity index is 1.29. The second kappa shape index (κ2) is 9.80. The van der Waals surface area contributed by atoms with E-state index in [9.17, 15) is 40.2 Å². The van der Waals surface area contributed by atoms with Gasteiger partial charge in [0.15, 0.2) is 12.4 Å². The third-order valence-electron chi connectivity index (χ3n) is 11.2. The van der Waals surface area contributed by atoms with Gasteiger partial charge < -0.3 is 40.1 Å². The molecule has 14 atom stereocenters. The number of fused-ring (bicyclic) bond motifs is 5. The number of carboxylic acids is 1. The van der Waals surface area contributed by atoms with Crippen LogP contribution in [0.4, 0.5) is 0 Å². The van der Waals surface area contributed by atoms with E-state index in [1.54, 1.807) is 0 Å². The predicted octanol–water partition coefficient (Wildman–Crippen LogP) is 0.455. The molecule has 37 heavy (non-hydrogen) atoms. The van der Waals surface area contributed by atoms with E-state index < -0.39 is 42.8 Å². The first-order valence-corrected chi connectivity index (χ1v) is 13.8. The highest BCUT2D eigenvalue weighted by molar-refractivity contribution is 5.84. The number of aliphatic carboxylic acids is 1. The lowest BCUT2D eigenvalue weighted by Gasteiger charge is -2.60. The quantitative estimate of drug-likeness (QED) is 0.276. The SMILES string of the molecule is C[C@]12CC(=O)[C@@H]3[C@H](CC[C@@H]4C[C@H](O[C@@H]5O[C@H](C(=O)O)[C@H](O)[C@H](O)[C@@H]5O)CC[C@@]43C)[C@@H]1CC[C@H]2[C@@H](O)CO. The summed E-state index contributed by atoms with van der Waals surface area (Å²) >= 11 is 0. The average molecular weight is 527 g/mol. The number of carbonyl (C=O) groups excluding carboxylic acids is 1. The molecule has 6 N–H and O–H groups in total. The Labute approximate surface area is 217 Å². The molecular formula is C27H42O10. The van der Waals surface area contributed by atoms with E-state index in [0.717, 1.165) is 32.1 Å². The zero-order chi connectivity index (χ0) is 26.9. The molecule has 0 amide bonds. The summed E-state index contributed by atoms with van der Waals surface area (Å²) < 4.78 is 11.3. The summed E-state index contributed by atoms with van der Waals surface area (Å²) in [7, 11) is 0. The molecule has 5 rings (SSSR count). The van der Waals surface area contributed by atoms with Crippen LogP contribution in [0.5, 0.6) is 0 Å². The van der Waals surface area contributed by atoms with Crippen LogP contribution in [-0.4, -0.2) is 91.9 Å². The molecule has 0 unspecified atom stereocenters. The van der Waals surface area contributed by atoms with Crippen LogP contribution >= 0.6 is 0 Å². The lowest BCUT2D eigenvalue weighted by atomic mass is 9.44. The van der Waals surface area contributed by atoms with Crippen LogP contribution in [-0.2, 0) is 19.1 Å². The molecule has 1 heterocycles. The van der Waals surface area contributed by atoms with Crippen molar-refractivity contribution < 1.29 is 49.7 Å². The molecule has 0 radical (unpaired) electrons. The molecular weight excluding hydrogens is 484 g/mol. The molecule has 210 valence electrons. The third kappa shape index (κ3) is 4.27. The molecule has 10 heteroatoms. The van der Waals surface area contributed by atoms with E-state index in [1.165, 1.54) is 0 Å². The van der Waals surface area contributed by atoms with Crippen molar-refractivity contribution >= 4 is 11.8 Å².